The van der Waals surface area contributed by atoms with Crippen molar-refractivity contribution in [1.82, 2.24) is 16.0 Å². The molecule has 0 aromatic rings. The van der Waals surface area contributed by atoms with Crippen LogP contribution in [0, 0.1) is 0 Å². The summed E-state index contributed by atoms with van der Waals surface area (Å²) in [6.07, 6.45) is -1.52. The highest BCUT2D eigenvalue weighted by atomic mass is 32.1. The number of rotatable bonds is 13. The van der Waals surface area contributed by atoms with E-state index < -0.39 is 72.6 Å². The fourth-order valence-corrected chi connectivity index (χ4v) is 2.20. The molecule has 14 heteroatoms. The molecule has 0 radical (unpaired) electrons. The van der Waals surface area contributed by atoms with E-state index in [1.54, 1.807) is 0 Å². The molecule has 4 unspecified atom stereocenters. The van der Waals surface area contributed by atoms with E-state index >= 15 is 0 Å². The van der Waals surface area contributed by atoms with Crippen LogP contribution in [0.25, 0.3) is 0 Å². The summed E-state index contributed by atoms with van der Waals surface area (Å²) in [6, 6.07) is -5.42. The van der Waals surface area contributed by atoms with Gasteiger partial charge in [0.25, 0.3) is 0 Å². The van der Waals surface area contributed by atoms with Crippen LogP contribution >= 0.6 is 12.6 Å². The van der Waals surface area contributed by atoms with Gasteiger partial charge in [-0.15, -0.1) is 0 Å². The van der Waals surface area contributed by atoms with E-state index in [9.17, 15) is 28.8 Å². The lowest BCUT2D eigenvalue weighted by Crippen LogP contribution is -2.57. The van der Waals surface area contributed by atoms with Gasteiger partial charge in [-0.1, -0.05) is 0 Å². The molecule has 0 aliphatic rings. The maximum Gasteiger partial charge on any atom is 0.325 e. The highest BCUT2D eigenvalue weighted by Crippen LogP contribution is 2.02. The minimum absolute atomic E-state index is 0.240. The van der Waals surface area contributed by atoms with Gasteiger partial charge in [0.05, 0.1) is 12.5 Å². The maximum atomic E-state index is 12.4. The number of carboxylic acids is 3. The van der Waals surface area contributed by atoms with Gasteiger partial charge in [0.2, 0.25) is 17.7 Å². The van der Waals surface area contributed by atoms with Gasteiger partial charge in [-0.2, -0.15) is 12.6 Å². The number of carbonyl (C=O) groups excluding carboxylic acids is 3. The first kappa shape index (κ1) is 26.1. The van der Waals surface area contributed by atoms with E-state index in [0.29, 0.717) is 0 Å². The summed E-state index contributed by atoms with van der Waals surface area (Å²) in [7, 11) is 0. The minimum Gasteiger partial charge on any atom is -0.481 e. The molecule has 4 atom stereocenters. The van der Waals surface area contributed by atoms with Crippen molar-refractivity contribution in [1.29, 1.82) is 0 Å². The SMILES string of the molecule is CC(NC(=O)C(CCC(=O)O)NC(=O)C(CS)NC(=O)C(N)CC(=O)O)C(=O)O. The topological polar surface area (TPSA) is 225 Å². The quantitative estimate of drug-likeness (QED) is 0.138. The van der Waals surface area contributed by atoms with E-state index in [4.69, 9.17) is 21.1 Å². The molecule has 0 spiro atoms. The van der Waals surface area contributed by atoms with Gasteiger partial charge in [0.1, 0.15) is 18.1 Å². The van der Waals surface area contributed by atoms with Crippen LogP contribution in [0.1, 0.15) is 26.2 Å². The predicted octanol–water partition coefficient (Wildman–Crippen LogP) is -2.86. The number of nitrogens with two attached hydrogens (primary N) is 1. The standard InChI is InChI=1S/C15H24N4O9S/c1-6(15(27)28)17-13(25)8(2-3-10(20)21)18-14(26)9(5-29)19-12(24)7(16)4-11(22)23/h6-9,29H,2-5,16H2,1H3,(H,17,25)(H,18,26)(H,19,24)(H,20,21)(H,22,23)(H,27,28). The zero-order valence-electron chi connectivity index (χ0n) is 15.5. The van der Waals surface area contributed by atoms with Gasteiger partial charge < -0.3 is 37.0 Å². The largest absolute Gasteiger partial charge is 0.481 e. The molecule has 0 aromatic heterocycles. The number of amides is 3. The zero-order valence-corrected chi connectivity index (χ0v) is 16.3. The van der Waals surface area contributed by atoms with Crippen molar-refractivity contribution < 1.29 is 44.1 Å². The molecular weight excluding hydrogens is 412 g/mol. The lowest BCUT2D eigenvalue weighted by atomic mass is 10.1. The summed E-state index contributed by atoms with van der Waals surface area (Å²) in [5, 5.41) is 32.8. The Balaban J connectivity index is 5.15. The minimum atomic E-state index is -1.43. The molecule has 3 amide bonds. The molecular formula is C15H24N4O9S. The van der Waals surface area contributed by atoms with Crippen molar-refractivity contribution in [2.45, 2.75) is 50.4 Å². The summed E-state index contributed by atoms with van der Waals surface area (Å²) >= 11 is 3.90. The van der Waals surface area contributed by atoms with Crippen LogP contribution in [0.15, 0.2) is 0 Å². The molecule has 13 nitrogen and oxygen atoms in total. The highest BCUT2D eigenvalue weighted by molar-refractivity contribution is 7.80. The van der Waals surface area contributed by atoms with Gasteiger partial charge in [0.15, 0.2) is 0 Å². The third-order valence-corrected chi connectivity index (χ3v) is 3.92. The number of carbonyl (C=O) groups is 6. The second-order valence-corrected chi connectivity index (χ2v) is 6.38. The Morgan fingerprint density at radius 1 is 0.862 bits per heavy atom. The Bertz CT molecular complexity index is 658. The van der Waals surface area contributed by atoms with Gasteiger partial charge in [-0.3, -0.25) is 28.8 Å². The first-order valence-corrected chi connectivity index (χ1v) is 8.96. The van der Waals surface area contributed by atoms with Gasteiger partial charge >= 0.3 is 17.9 Å². The van der Waals surface area contributed by atoms with E-state index in [1.807, 2.05) is 0 Å². The first-order valence-electron chi connectivity index (χ1n) is 8.33. The van der Waals surface area contributed by atoms with Crippen LogP contribution in [0.4, 0.5) is 0 Å². The summed E-state index contributed by atoms with van der Waals surface area (Å²) in [6.45, 7) is 1.18. The summed E-state index contributed by atoms with van der Waals surface area (Å²) in [5.41, 5.74) is 5.40. The molecule has 0 heterocycles. The predicted molar refractivity (Wildman–Crippen MR) is 100 cm³/mol. The molecule has 0 aliphatic carbocycles. The van der Waals surface area contributed by atoms with Gasteiger partial charge in [-0.25, -0.2) is 0 Å². The summed E-state index contributed by atoms with van der Waals surface area (Å²) in [4.78, 5) is 68.6. The number of carboxylic acid groups (broad SMARTS) is 3. The first-order chi connectivity index (χ1) is 13.4. The molecule has 0 bridgehead atoms. The second kappa shape index (κ2) is 12.6. The molecule has 0 saturated carbocycles. The zero-order chi connectivity index (χ0) is 22.7. The fourth-order valence-electron chi connectivity index (χ4n) is 1.94. The Labute approximate surface area is 170 Å². The van der Waals surface area contributed by atoms with Crippen molar-refractivity contribution in [3.05, 3.63) is 0 Å². The van der Waals surface area contributed by atoms with Crippen molar-refractivity contribution in [3.63, 3.8) is 0 Å². The van der Waals surface area contributed by atoms with E-state index in [-0.39, 0.29) is 12.2 Å². The van der Waals surface area contributed by atoms with Crippen LogP contribution in [-0.4, -0.2) is 80.9 Å². The van der Waals surface area contributed by atoms with Crippen LogP contribution in [-0.2, 0) is 28.8 Å². The summed E-state index contributed by atoms with van der Waals surface area (Å²) in [5.74, 6) is -6.93. The third kappa shape index (κ3) is 10.3. The smallest absolute Gasteiger partial charge is 0.325 e. The maximum absolute atomic E-state index is 12.4. The van der Waals surface area contributed by atoms with Crippen LogP contribution in [0.3, 0.4) is 0 Å². The van der Waals surface area contributed by atoms with Crippen molar-refractivity contribution in [2.75, 3.05) is 5.75 Å². The highest BCUT2D eigenvalue weighted by Gasteiger charge is 2.29. The lowest BCUT2D eigenvalue weighted by molar-refractivity contribution is -0.142. The fraction of sp³-hybridized carbons (Fsp3) is 0.600. The van der Waals surface area contributed by atoms with Gasteiger partial charge in [-0.05, 0) is 13.3 Å². The molecule has 0 saturated heterocycles. The number of thiol groups is 1. The van der Waals surface area contributed by atoms with Crippen LogP contribution < -0.4 is 21.7 Å². The van der Waals surface area contributed by atoms with Gasteiger partial charge in [0, 0.05) is 12.2 Å². The normalized spacial score (nSPS) is 14.6. The van der Waals surface area contributed by atoms with Crippen molar-refractivity contribution in [2.24, 2.45) is 5.73 Å². The number of aliphatic carboxylic acids is 3. The second-order valence-electron chi connectivity index (χ2n) is 6.01. The monoisotopic (exact) mass is 436 g/mol. The Morgan fingerprint density at radius 2 is 1.38 bits per heavy atom. The molecule has 0 aromatic carbocycles. The van der Waals surface area contributed by atoms with Crippen molar-refractivity contribution >= 4 is 48.3 Å². The van der Waals surface area contributed by atoms with Crippen LogP contribution in [0.2, 0.25) is 0 Å². The molecule has 0 fully saturated rings. The summed E-state index contributed by atoms with van der Waals surface area (Å²) < 4.78 is 0. The third-order valence-electron chi connectivity index (χ3n) is 3.56. The molecule has 8 N–H and O–H groups in total. The number of nitrogens with one attached hydrogen (secondary N) is 3. The van der Waals surface area contributed by atoms with E-state index in [1.165, 1.54) is 6.92 Å². The number of hydrogen-bond acceptors (Lipinski definition) is 8. The molecule has 164 valence electrons. The Morgan fingerprint density at radius 3 is 1.83 bits per heavy atom. The van der Waals surface area contributed by atoms with E-state index in [2.05, 4.69) is 28.6 Å². The number of hydrogen-bond donors (Lipinski definition) is 8. The average Bonchev–Trinajstić information content (AvgIpc) is 2.61. The molecule has 0 aliphatic heterocycles. The molecule has 29 heavy (non-hydrogen) atoms. The average molecular weight is 436 g/mol. The van der Waals surface area contributed by atoms with E-state index in [0.717, 1.165) is 0 Å². The lowest BCUT2D eigenvalue weighted by Gasteiger charge is -2.23. The molecule has 0 rings (SSSR count). The van der Waals surface area contributed by atoms with Crippen LogP contribution in [0.5, 0.6) is 0 Å². The van der Waals surface area contributed by atoms with Crippen molar-refractivity contribution in [3.8, 4) is 0 Å². The Kier molecular flexibility index (Phi) is 11.3. The Hall–Kier alpha value is -2.87.